The lowest BCUT2D eigenvalue weighted by atomic mass is 10.1. The van der Waals surface area contributed by atoms with E-state index in [0.29, 0.717) is 5.84 Å². The third kappa shape index (κ3) is 3.05. The molecule has 1 aliphatic rings. The molecule has 2 aromatic carbocycles. The molecule has 0 aliphatic carbocycles. The molecule has 1 N–H and O–H groups in total. The zero-order valence-electron chi connectivity index (χ0n) is 11.8. The van der Waals surface area contributed by atoms with Gasteiger partial charge in [-0.05, 0) is 24.3 Å². The molecule has 4 heteroatoms. The summed E-state index contributed by atoms with van der Waals surface area (Å²) in [5.41, 5.74) is 2.00. The number of nitrogens with one attached hydrogen (secondary N) is 1. The van der Waals surface area contributed by atoms with Gasteiger partial charge in [0.1, 0.15) is 11.7 Å². The van der Waals surface area contributed by atoms with Gasteiger partial charge in [0.2, 0.25) is 0 Å². The molecule has 1 aliphatic heterocycles. The van der Waals surface area contributed by atoms with Crippen molar-refractivity contribution < 1.29 is 4.39 Å². The Morgan fingerprint density at radius 1 is 0.857 bits per heavy atom. The lowest BCUT2D eigenvalue weighted by Crippen LogP contribution is -2.48. The van der Waals surface area contributed by atoms with Crippen LogP contribution in [-0.2, 0) is 0 Å². The van der Waals surface area contributed by atoms with E-state index in [0.717, 1.165) is 37.4 Å². The molecule has 1 heterocycles. The van der Waals surface area contributed by atoms with Gasteiger partial charge in [-0.1, -0.05) is 30.3 Å². The second-order valence-electron chi connectivity index (χ2n) is 5.17. The van der Waals surface area contributed by atoms with E-state index in [1.54, 1.807) is 0 Å². The number of amidine groups is 1. The minimum absolute atomic E-state index is 0.205. The molecular weight excluding hydrogens is 265 g/mol. The predicted octanol–water partition coefficient (Wildman–Crippen LogP) is 2.97. The zero-order chi connectivity index (χ0) is 14.7. The Morgan fingerprint density at radius 2 is 1.48 bits per heavy atom. The lowest BCUT2D eigenvalue weighted by Gasteiger charge is -2.37. The van der Waals surface area contributed by atoms with Gasteiger partial charge in [0.05, 0.1) is 0 Å². The van der Waals surface area contributed by atoms with E-state index < -0.39 is 0 Å². The average Bonchev–Trinajstić information content (AvgIpc) is 2.56. The first-order valence-corrected chi connectivity index (χ1v) is 7.13. The summed E-state index contributed by atoms with van der Waals surface area (Å²) in [5, 5.41) is 8.28. The molecule has 0 bridgehead atoms. The third-order valence-electron chi connectivity index (χ3n) is 3.83. The van der Waals surface area contributed by atoms with Crippen molar-refractivity contribution in [1.82, 2.24) is 4.90 Å². The SMILES string of the molecule is N=C(c1ccccc1)N1CCN(c2ccc(F)cc2)CC1. The van der Waals surface area contributed by atoms with Crippen molar-refractivity contribution in [3.8, 4) is 0 Å². The van der Waals surface area contributed by atoms with Crippen LogP contribution < -0.4 is 4.90 Å². The van der Waals surface area contributed by atoms with Crippen LogP contribution in [0.1, 0.15) is 5.56 Å². The van der Waals surface area contributed by atoms with Gasteiger partial charge >= 0.3 is 0 Å². The number of anilines is 1. The largest absolute Gasteiger partial charge is 0.368 e. The highest BCUT2D eigenvalue weighted by Gasteiger charge is 2.19. The van der Waals surface area contributed by atoms with E-state index in [1.807, 2.05) is 42.5 Å². The van der Waals surface area contributed by atoms with E-state index in [4.69, 9.17) is 5.41 Å². The number of hydrogen-bond donors (Lipinski definition) is 1. The number of piperazine rings is 1. The van der Waals surface area contributed by atoms with Gasteiger partial charge in [0.25, 0.3) is 0 Å². The molecule has 3 nitrogen and oxygen atoms in total. The molecule has 1 fully saturated rings. The van der Waals surface area contributed by atoms with E-state index in [1.165, 1.54) is 12.1 Å². The van der Waals surface area contributed by atoms with Crippen LogP contribution in [0.4, 0.5) is 10.1 Å². The first kappa shape index (κ1) is 13.6. The van der Waals surface area contributed by atoms with Crippen LogP contribution >= 0.6 is 0 Å². The molecule has 0 spiro atoms. The Morgan fingerprint density at radius 3 is 2.10 bits per heavy atom. The highest BCUT2D eigenvalue weighted by molar-refractivity contribution is 5.96. The van der Waals surface area contributed by atoms with Gasteiger partial charge in [0, 0.05) is 37.4 Å². The summed E-state index contributed by atoms with van der Waals surface area (Å²) in [6, 6.07) is 16.4. The van der Waals surface area contributed by atoms with Crippen molar-refractivity contribution in [2.45, 2.75) is 0 Å². The maximum Gasteiger partial charge on any atom is 0.128 e. The summed E-state index contributed by atoms with van der Waals surface area (Å²) in [7, 11) is 0. The molecule has 0 atom stereocenters. The lowest BCUT2D eigenvalue weighted by molar-refractivity contribution is 0.384. The van der Waals surface area contributed by atoms with Crippen molar-refractivity contribution >= 4 is 11.5 Å². The van der Waals surface area contributed by atoms with Gasteiger partial charge in [-0.25, -0.2) is 4.39 Å². The quantitative estimate of drug-likeness (QED) is 0.678. The molecule has 0 saturated carbocycles. The molecule has 3 rings (SSSR count). The summed E-state index contributed by atoms with van der Waals surface area (Å²) in [4.78, 5) is 4.32. The number of benzene rings is 2. The number of nitrogens with zero attached hydrogens (tertiary/aromatic N) is 2. The summed E-state index contributed by atoms with van der Waals surface area (Å²) in [5.74, 6) is 0.373. The standard InChI is InChI=1S/C17H18FN3/c18-15-6-8-16(9-7-15)20-10-12-21(13-11-20)17(19)14-4-2-1-3-5-14/h1-9,19H,10-13H2. The van der Waals surface area contributed by atoms with Crippen LogP contribution in [0.2, 0.25) is 0 Å². The van der Waals surface area contributed by atoms with Crippen LogP contribution in [0.5, 0.6) is 0 Å². The maximum atomic E-state index is 13.0. The second kappa shape index (κ2) is 5.95. The van der Waals surface area contributed by atoms with Crippen LogP contribution in [-0.4, -0.2) is 36.9 Å². The normalized spacial score (nSPS) is 15.1. The highest BCUT2D eigenvalue weighted by atomic mass is 19.1. The molecule has 0 unspecified atom stereocenters. The summed E-state index contributed by atoms with van der Waals surface area (Å²) < 4.78 is 13.0. The van der Waals surface area contributed by atoms with Crippen LogP contribution in [0.15, 0.2) is 54.6 Å². The van der Waals surface area contributed by atoms with Gasteiger partial charge in [0.15, 0.2) is 0 Å². The maximum absolute atomic E-state index is 13.0. The van der Waals surface area contributed by atoms with Crippen molar-refractivity contribution in [2.24, 2.45) is 0 Å². The van der Waals surface area contributed by atoms with E-state index >= 15 is 0 Å². The smallest absolute Gasteiger partial charge is 0.128 e. The Hall–Kier alpha value is -2.36. The summed E-state index contributed by atoms with van der Waals surface area (Å²) in [6.45, 7) is 3.32. The Kier molecular flexibility index (Phi) is 3.86. The van der Waals surface area contributed by atoms with Gasteiger partial charge in [-0.15, -0.1) is 0 Å². The van der Waals surface area contributed by atoms with Gasteiger partial charge < -0.3 is 9.80 Å². The molecule has 0 amide bonds. The van der Waals surface area contributed by atoms with E-state index in [-0.39, 0.29) is 5.82 Å². The molecular formula is C17H18FN3. The van der Waals surface area contributed by atoms with Crippen molar-refractivity contribution in [3.05, 3.63) is 66.0 Å². The number of hydrogen-bond acceptors (Lipinski definition) is 2. The monoisotopic (exact) mass is 283 g/mol. The fraction of sp³-hybridized carbons (Fsp3) is 0.235. The Labute approximate surface area is 124 Å². The highest BCUT2D eigenvalue weighted by Crippen LogP contribution is 2.17. The van der Waals surface area contributed by atoms with Crippen LogP contribution in [0, 0.1) is 11.2 Å². The number of rotatable bonds is 2. The minimum Gasteiger partial charge on any atom is -0.368 e. The minimum atomic E-state index is -0.205. The van der Waals surface area contributed by atoms with Crippen LogP contribution in [0.25, 0.3) is 0 Å². The fourth-order valence-corrected chi connectivity index (χ4v) is 2.62. The van der Waals surface area contributed by atoms with Crippen molar-refractivity contribution in [2.75, 3.05) is 31.1 Å². The molecule has 0 radical (unpaired) electrons. The Balaban J connectivity index is 1.63. The summed E-state index contributed by atoms with van der Waals surface area (Å²) in [6.07, 6.45) is 0. The summed E-state index contributed by atoms with van der Waals surface area (Å²) >= 11 is 0. The average molecular weight is 283 g/mol. The topological polar surface area (TPSA) is 30.3 Å². The predicted molar refractivity (Wildman–Crippen MR) is 83.5 cm³/mol. The van der Waals surface area contributed by atoms with E-state index in [2.05, 4.69) is 9.80 Å². The van der Waals surface area contributed by atoms with Gasteiger partial charge in [-0.3, -0.25) is 5.41 Å². The molecule has 1 saturated heterocycles. The first-order valence-electron chi connectivity index (χ1n) is 7.13. The van der Waals surface area contributed by atoms with Crippen molar-refractivity contribution in [1.29, 1.82) is 5.41 Å². The Bertz CT molecular complexity index is 602. The van der Waals surface area contributed by atoms with E-state index in [9.17, 15) is 4.39 Å². The van der Waals surface area contributed by atoms with Crippen molar-refractivity contribution in [3.63, 3.8) is 0 Å². The van der Waals surface area contributed by atoms with Crippen LogP contribution in [0.3, 0.4) is 0 Å². The zero-order valence-corrected chi connectivity index (χ0v) is 11.8. The third-order valence-corrected chi connectivity index (χ3v) is 3.83. The first-order chi connectivity index (χ1) is 10.2. The van der Waals surface area contributed by atoms with Gasteiger partial charge in [-0.2, -0.15) is 0 Å². The molecule has 2 aromatic rings. The second-order valence-corrected chi connectivity index (χ2v) is 5.17. The molecule has 0 aromatic heterocycles. The number of halogens is 1. The fourth-order valence-electron chi connectivity index (χ4n) is 2.62. The molecule has 21 heavy (non-hydrogen) atoms. The molecule has 108 valence electrons.